The summed E-state index contributed by atoms with van der Waals surface area (Å²) >= 11 is 6.16. The molecule has 4 rings (SSSR count). The van der Waals surface area contributed by atoms with E-state index >= 15 is 0 Å². The van der Waals surface area contributed by atoms with Crippen LogP contribution in [0.5, 0.6) is 5.75 Å². The van der Waals surface area contributed by atoms with Gasteiger partial charge in [0.15, 0.2) is 0 Å². The predicted molar refractivity (Wildman–Crippen MR) is 105 cm³/mol. The molecule has 0 aliphatic rings. The molecule has 0 aliphatic heterocycles. The lowest BCUT2D eigenvalue weighted by molar-refractivity contribution is 0.469. The lowest BCUT2D eigenvalue weighted by Gasteiger charge is -2.20. The van der Waals surface area contributed by atoms with Crippen molar-refractivity contribution in [3.8, 4) is 5.75 Å². The molecule has 0 bridgehead atoms. The molecule has 2 heterocycles. The summed E-state index contributed by atoms with van der Waals surface area (Å²) in [6, 6.07) is 19.6. The van der Waals surface area contributed by atoms with Crippen LogP contribution < -0.4 is 0 Å². The van der Waals surface area contributed by atoms with Crippen LogP contribution >= 0.6 is 11.6 Å². The van der Waals surface area contributed by atoms with Crippen molar-refractivity contribution in [2.45, 2.75) is 12.3 Å². The van der Waals surface area contributed by atoms with Crippen LogP contribution in [0.1, 0.15) is 22.6 Å². The standard InChI is InChI=1S/C22H17ClN2O/c23-18-5-1-3-15(13-18)14-20(16-8-11-24-12-9-16)19-7-6-17-4-2-10-25-21(17)22(19)26/h1-13,20,26H,14H2. The van der Waals surface area contributed by atoms with E-state index in [1.54, 1.807) is 18.6 Å². The maximum absolute atomic E-state index is 10.9. The summed E-state index contributed by atoms with van der Waals surface area (Å²) in [5.74, 6) is 0.204. The van der Waals surface area contributed by atoms with Crippen LogP contribution in [0.2, 0.25) is 5.02 Å². The Morgan fingerprint density at radius 3 is 2.58 bits per heavy atom. The third-order valence-electron chi connectivity index (χ3n) is 4.59. The smallest absolute Gasteiger partial charge is 0.145 e. The summed E-state index contributed by atoms with van der Waals surface area (Å²) in [5, 5.41) is 12.5. The number of hydrogen-bond acceptors (Lipinski definition) is 3. The molecule has 4 aromatic rings. The van der Waals surface area contributed by atoms with Gasteiger partial charge in [-0.15, -0.1) is 0 Å². The highest BCUT2D eigenvalue weighted by Gasteiger charge is 2.20. The Morgan fingerprint density at radius 1 is 0.923 bits per heavy atom. The van der Waals surface area contributed by atoms with Crippen molar-refractivity contribution < 1.29 is 5.11 Å². The van der Waals surface area contributed by atoms with Gasteiger partial charge in [-0.2, -0.15) is 0 Å². The highest BCUT2D eigenvalue weighted by molar-refractivity contribution is 6.30. The molecule has 3 nitrogen and oxygen atoms in total. The number of fused-ring (bicyclic) bond motifs is 1. The van der Waals surface area contributed by atoms with E-state index in [4.69, 9.17) is 11.6 Å². The third kappa shape index (κ3) is 3.26. The van der Waals surface area contributed by atoms with Gasteiger partial charge in [-0.05, 0) is 47.9 Å². The van der Waals surface area contributed by atoms with Gasteiger partial charge in [0, 0.05) is 40.5 Å². The van der Waals surface area contributed by atoms with Crippen molar-refractivity contribution in [2.75, 3.05) is 0 Å². The Labute approximate surface area is 156 Å². The average molecular weight is 361 g/mol. The normalized spacial score (nSPS) is 12.2. The fraction of sp³-hybridized carbons (Fsp3) is 0.0909. The molecule has 0 saturated heterocycles. The van der Waals surface area contributed by atoms with Gasteiger partial charge in [-0.1, -0.05) is 41.9 Å². The summed E-state index contributed by atoms with van der Waals surface area (Å²) in [6.07, 6.45) is 5.97. The maximum atomic E-state index is 10.9. The van der Waals surface area contributed by atoms with Crippen molar-refractivity contribution in [2.24, 2.45) is 0 Å². The summed E-state index contributed by atoms with van der Waals surface area (Å²) in [4.78, 5) is 8.47. The van der Waals surface area contributed by atoms with Gasteiger partial charge in [0.05, 0.1) is 0 Å². The Bertz CT molecular complexity index is 1050. The first-order chi connectivity index (χ1) is 12.7. The Hall–Kier alpha value is -2.91. The van der Waals surface area contributed by atoms with Gasteiger partial charge in [0.2, 0.25) is 0 Å². The number of hydrogen-bond donors (Lipinski definition) is 1. The first kappa shape index (κ1) is 16.6. The second kappa shape index (κ2) is 7.14. The molecule has 4 heteroatoms. The van der Waals surface area contributed by atoms with Crippen molar-refractivity contribution in [3.63, 3.8) is 0 Å². The van der Waals surface area contributed by atoms with E-state index in [9.17, 15) is 5.11 Å². The SMILES string of the molecule is Oc1c(C(Cc2cccc(Cl)c2)c2ccncc2)ccc2cccnc12. The molecule has 1 unspecified atom stereocenters. The molecule has 0 aliphatic carbocycles. The molecule has 128 valence electrons. The molecule has 0 amide bonds. The third-order valence-corrected chi connectivity index (χ3v) is 4.83. The van der Waals surface area contributed by atoms with Crippen LogP contribution in [0, 0.1) is 0 Å². The van der Waals surface area contributed by atoms with Crippen molar-refractivity contribution in [1.82, 2.24) is 9.97 Å². The van der Waals surface area contributed by atoms with E-state index in [1.807, 2.05) is 54.6 Å². The highest BCUT2D eigenvalue weighted by Crippen LogP contribution is 2.37. The minimum Gasteiger partial charge on any atom is -0.505 e. The van der Waals surface area contributed by atoms with Crippen molar-refractivity contribution in [1.29, 1.82) is 0 Å². The second-order valence-corrected chi connectivity index (χ2v) is 6.68. The molecule has 1 N–H and O–H groups in total. The monoisotopic (exact) mass is 360 g/mol. The molecule has 2 aromatic carbocycles. The van der Waals surface area contributed by atoms with E-state index in [2.05, 4.69) is 16.0 Å². The Morgan fingerprint density at radius 2 is 1.77 bits per heavy atom. The number of halogens is 1. The van der Waals surface area contributed by atoms with Crippen LogP contribution in [-0.2, 0) is 6.42 Å². The van der Waals surface area contributed by atoms with Crippen LogP contribution in [0.3, 0.4) is 0 Å². The molecule has 2 aromatic heterocycles. The molecule has 1 atom stereocenters. The van der Waals surface area contributed by atoms with Gasteiger partial charge >= 0.3 is 0 Å². The zero-order valence-electron chi connectivity index (χ0n) is 14.0. The van der Waals surface area contributed by atoms with Crippen molar-refractivity contribution >= 4 is 22.5 Å². The molecule has 0 fully saturated rings. The fourth-order valence-electron chi connectivity index (χ4n) is 3.33. The van der Waals surface area contributed by atoms with Gasteiger partial charge in [-0.3, -0.25) is 9.97 Å². The lowest BCUT2D eigenvalue weighted by Crippen LogP contribution is -2.06. The quantitative estimate of drug-likeness (QED) is 0.532. The summed E-state index contributed by atoms with van der Waals surface area (Å²) in [6.45, 7) is 0. The van der Waals surface area contributed by atoms with E-state index in [1.165, 1.54) is 0 Å². The molecule has 26 heavy (non-hydrogen) atoms. The average Bonchev–Trinajstić information content (AvgIpc) is 2.68. The Balaban J connectivity index is 1.84. The number of aromatic hydroxyl groups is 1. The number of pyridine rings is 2. The molecule has 0 radical (unpaired) electrons. The fourth-order valence-corrected chi connectivity index (χ4v) is 3.54. The number of benzene rings is 2. The van der Waals surface area contributed by atoms with Gasteiger partial charge in [0.1, 0.15) is 11.3 Å². The number of phenolic OH excluding ortho intramolecular Hbond substituents is 1. The van der Waals surface area contributed by atoms with Gasteiger partial charge in [0.25, 0.3) is 0 Å². The molecule has 0 spiro atoms. The first-order valence-electron chi connectivity index (χ1n) is 8.43. The molecular formula is C22H17ClN2O. The van der Waals surface area contributed by atoms with Crippen LogP contribution in [0.25, 0.3) is 10.9 Å². The van der Waals surface area contributed by atoms with Crippen molar-refractivity contribution in [3.05, 3.63) is 101 Å². The number of phenols is 1. The van der Waals surface area contributed by atoms with Crippen LogP contribution in [0.4, 0.5) is 0 Å². The van der Waals surface area contributed by atoms with E-state index in [0.29, 0.717) is 10.5 Å². The highest BCUT2D eigenvalue weighted by atomic mass is 35.5. The summed E-state index contributed by atoms with van der Waals surface area (Å²) in [5.41, 5.74) is 3.67. The number of rotatable bonds is 4. The van der Waals surface area contributed by atoms with E-state index < -0.39 is 0 Å². The summed E-state index contributed by atoms with van der Waals surface area (Å²) in [7, 11) is 0. The first-order valence-corrected chi connectivity index (χ1v) is 8.81. The van der Waals surface area contributed by atoms with Gasteiger partial charge in [-0.25, -0.2) is 0 Å². The number of nitrogens with zero attached hydrogens (tertiary/aromatic N) is 2. The minimum absolute atomic E-state index is 0.0251. The van der Waals surface area contributed by atoms with Crippen LogP contribution in [0.15, 0.2) is 79.3 Å². The predicted octanol–water partition coefficient (Wildman–Crippen LogP) is 5.36. The summed E-state index contributed by atoms with van der Waals surface area (Å²) < 4.78 is 0. The van der Waals surface area contributed by atoms with Crippen LogP contribution in [-0.4, -0.2) is 15.1 Å². The topological polar surface area (TPSA) is 46.0 Å². The maximum Gasteiger partial charge on any atom is 0.145 e. The number of aromatic nitrogens is 2. The van der Waals surface area contributed by atoms with E-state index in [-0.39, 0.29) is 11.7 Å². The van der Waals surface area contributed by atoms with E-state index in [0.717, 1.165) is 28.5 Å². The molecule has 0 saturated carbocycles. The molecular weight excluding hydrogens is 344 g/mol. The lowest BCUT2D eigenvalue weighted by atomic mass is 9.85. The Kier molecular flexibility index (Phi) is 4.55. The minimum atomic E-state index is -0.0251. The zero-order valence-corrected chi connectivity index (χ0v) is 14.8. The second-order valence-electron chi connectivity index (χ2n) is 6.25. The zero-order chi connectivity index (χ0) is 17.9. The van der Waals surface area contributed by atoms with Gasteiger partial charge < -0.3 is 5.11 Å². The largest absolute Gasteiger partial charge is 0.505 e.